The van der Waals surface area contributed by atoms with E-state index in [1.54, 1.807) is 0 Å². The normalized spacial score (nSPS) is 20.0. The van der Waals surface area contributed by atoms with Gasteiger partial charge in [-0.2, -0.15) is 13.2 Å². The predicted octanol–water partition coefficient (Wildman–Crippen LogP) is 3.78. The Morgan fingerprint density at radius 1 is 1.36 bits per heavy atom. The van der Waals surface area contributed by atoms with Crippen LogP contribution in [-0.2, 0) is 6.18 Å². The summed E-state index contributed by atoms with van der Waals surface area (Å²) in [5.41, 5.74) is 5.78. The largest absolute Gasteiger partial charge is 0.417 e. The molecule has 0 aromatic carbocycles. The Morgan fingerprint density at radius 3 is 2.76 bits per heavy atom. The van der Waals surface area contributed by atoms with Gasteiger partial charge in [-0.05, 0) is 37.5 Å². The van der Waals surface area contributed by atoms with E-state index in [2.05, 4.69) is 20.5 Å². The smallest absolute Gasteiger partial charge is 0.397 e. The number of hydrogen-bond acceptors (Lipinski definition) is 6. The number of hydrogen-bond donors (Lipinski definition) is 3. The number of allylic oxidation sites excluding steroid dienone is 1. The van der Waals surface area contributed by atoms with E-state index in [1.165, 1.54) is 13.0 Å². The highest BCUT2D eigenvalue weighted by atomic mass is 32.1. The first-order valence-electron chi connectivity index (χ1n) is 10.7. The molecular weight excluding hydrogens is 458 g/mol. The monoisotopic (exact) mass is 483 g/mol. The Hall–Kier alpha value is -2.50. The topological polar surface area (TPSA) is 83.3 Å². The van der Waals surface area contributed by atoms with Gasteiger partial charge in [-0.15, -0.1) is 11.3 Å². The number of nitrogens with one attached hydrogen (secondary N) is 2. The van der Waals surface area contributed by atoms with Gasteiger partial charge >= 0.3 is 6.18 Å². The first-order valence-corrected chi connectivity index (χ1v) is 11.5. The molecule has 3 heterocycles. The summed E-state index contributed by atoms with van der Waals surface area (Å²) in [7, 11) is 0. The van der Waals surface area contributed by atoms with Crippen LogP contribution in [0.2, 0.25) is 0 Å². The van der Waals surface area contributed by atoms with Gasteiger partial charge in [-0.25, -0.2) is 9.37 Å². The quantitative estimate of drug-likeness (QED) is 0.564. The molecule has 1 aliphatic carbocycles. The molecule has 1 fully saturated rings. The molecule has 1 unspecified atom stereocenters. The van der Waals surface area contributed by atoms with Crippen molar-refractivity contribution in [1.29, 1.82) is 0 Å². The molecule has 1 aliphatic heterocycles. The SMILES string of the molecule is Cc1cc(C(F)(F)F)c2c(N)c(C(=O)NCCC3=CCC(N4CCNCC4)C(F)=C3)sc2n1. The summed E-state index contributed by atoms with van der Waals surface area (Å²) in [6.45, 7) is 4.94. The Balaban J connectivity index is 1.41. The molecule has 4 N–H and O–H groups in total. The van der Waals surface area contributed by atoms with Crippen molar-refractivity contribution in [3.05, 3.63) is 45.8 Å². The summed E-state index contributed by atoms with van der Waals surface area (Å²) in [5, 5.41) is 5.68. The molecule has 1 saturated heterocycles. The van der Waals surface area contributed by atoms with E-state index in [9.17, 15) is 22.4 Å². The minimum atomic E-state index is -4.61. The molecule has 0 saturated carbocycles. The average Bonchev–Trinajstić information content (AvgIpc) is 3.09. The fourth-order valence-corrected chi connectivity index (χ4v) is 5.32. The van der Waals surface area contributed by atoms with Gasteiger partial charge in [-0.3, -0.25) is 9.69 Å². The van der Waals surface area contributed by atoms with E-state index in [0.717, 1.165) is 49.2 Å². The molecule has 11 heteroatoms. The average molecular weight is 484 g/mol. The number of nitrogen functional groups attached to an aromatic ring is 1. The maximum atomic E-state index is 14.6. The van der Waals surface area contributed by atoms with Gasteiger partial charge in [0, 0.05) is 43.8 Å². The van der Waals surface area contributed by atoms with Crippen molar-refractivity contribution in [2.75, 3.05) is 38.5 Å². The third-order valence-electron chi connectivity index (χ3n) is 5.88. The first-order chi connectivity index (χ1) is 15.6. The van der Waals surface area contributed by atoms with Crippen molar-refractivity contribution in [3.63, 3.8) is 0 Å². The van der Waals surface area contributed by atoms with E-state index in [0.29, 0.717) is 12.8 Å². The molecule has 0 bridgehead atoms. The highest BCUT2D eigenvalue weighted by Gasteiger charge is 2.36. The number of nitrogens with zero attached hydrogens (tertiary/aromatic N) is 2. The lowest BCUT2D eigenvalue weighted by Gasteiger charge is -2.35. The van der Waals surface area contributed by atoms with Crippen LogP contribution in [0.25, 0.3) is 10.2 Å². The lowest BCUT2D eigenvalue weighted by atomic mass is 9.98. The Morgan fingerprint density at radius 2 is 2.09 bits per heavy atom. The van der Waals surface area contributed by atoms with Crippen molar-refractivity contribution < 1.29 is 22.4 Å². The number of anilines is 1. The van der Waals surface area contributed by atoms with Gasteiger partial charge in [0.05, 0.1) is 17.3 Å². The van der Waals surface area contributed by atoms with E-state index in [4.69, 9.17) is 5.73 Å². The fraction of sp³-hybridized carbons (Fsp3) is 0.455. The van der Waals surface area contributed by atoms with Gasteiger partial charge in [0.15, 0.2) is 0 Å². The van der Waals surface area contributed by atoms with E-state index in [1.807, 2.05) is 6.08 Å². The van der Waals surface area contributed by atoms with E-state index < -0.39 is 17.6 Å². The molecule has 1 amide bonds. The van der Waals surface area contributed by atoms with Crippen LogP contribution in [0.1, 0.15) is 33.8 Å². The molecule has 6 nitrogen and oxygen atoms in total. The summed E-state index contributed by atoms with van der Waals surface area (Å²) >= 11 is 0.834. The standard InChI is InChI=1S/C22H25F4N5OS/c1-12-10-14(22(24,25)26)17-18(27)19(33-21(17)30-12)20(32)29-5-4-13-2-3-16(15(23)11-13)31-8-6-28-7-9-31/h2,10-11,16,28H,3-9,27H2,1H3,(H,29,32). The number of alkyl halides is 3. The van der Waals surface area contributed by atoms with Gasteiger partial charge in [0.1, 0.15) is 15.5 Å². The van der Waals surface area contributed by atoms with Crippen LogP contribution >= 0.6 is 11.3 Å². The number of carbonyl (C=O) groups excluding carboxylic acids is 1. The number of halogens is 4. The van der Waals surface area contributed by atoms with E-state index in [-0.39, 0.29) is 44.9 Å². The minimum Gasteiger partial charge on any atom is -0.397 e. The zero-order chi connectivity index (χ0) is 23.8. The summed E-state index contributed by atoms with van der Waals surface area (Å²) in [6, 6.07) is 0.680. The Labute approximate surface area is 192 Å². The summed E-state index contributed by atoms with van der Waals surface area (Å²) < 4.78 is 55.0. The number of carbonyl (C=O) groups is 1. The number of aryl methyl sites for hydroxylation is 1. The van der Waals surface area contributed by atoms with Crippen LogP contribution in [0.3, 0.4) is 0 Å². The maximum absolute atomic E-state index is 14.6. The molecule has 0 radical (unpaired) electrons. The number of thiophene rings is 1. The van der Waals surface area contributed by atoms with Crippen LogP contribution in [0, 0.1) is 6.92 Å². The first kappa shape index (κ1) is 23.7. The lowest BCUT2D eigenvalue weighted by Crippen LogP contribution is -2.48. The second-order valence-electron chi connectivity index (χ2n) is 8.19. The number of aromatic nitrogens is 1. The van der Waals surface area contributed by atoms with Crippen LogP contribution in [-0.4, -0.2) is 54.6 Å². The molecular formula is C22H25F4N5OS. The highest BCUT2D eigenvalue weighted by molar-refractivity contribution is 7.21. The van der Waals surface area contributed by atoms with Crippen LogP contribution in [0.5, 0.6) is 0 Å². The molecule has 1 atom stereocenters. The van der Waals surface area contributed by atoms with Crippen LogP contribution in [0.4, 0.5) is 23.2 Å². The van der Waals surface area contributed by atoms with Gasteiger partial charge < -0.3 is 16.4 Å². The van der Waals surface area contributed by atoms with Crippen molar-refractivity contribution in [2.45, 2.75) is 32.0 Å². The second-order valence-corrected chi connectivity index (χ2v) is 9.18. The molecule has 4 rings (SSSR count). The van der Waals surface area contributed by atoms with Gasteiger partial charge in [0.25, 0.3) is 5.91 Å². The minimum absolute atomic E-state index is 0.00767. The maximum Gasteiger partial charge on any atom is 0.417 e. The van der Waals surface area contributed by atoms with Gasteiger partial charge in [0.2, 0.25) is 0 Å². The number of nitrogens with two attached hydrogens (primary N) is 1. The molecule has 2 aliphatic rings. The van der Waals surface area contributed by atoms with Crippen molar-refractivity contribution in [1.82, 2.24) is 20.5 Å². The molecule has 33 heavy (non-hydrogen) atoms. The number of piperazine rings is 1. The summed E-state index contributed by atoms with van der Waals surface area (Å²) in [6.07, 6.45) is -0.151. The number of fused-ring (bicyclic) bond motifs is 1. The third kappa shape index (κ3) is 5.04. The molecule has 0 spiro atoms. The zero-order valence-electron chi connectivity index (χ0n) is 18.1. The zero-order valence-corrected chi connectivity index (χ0v) is 18.9. The third-order valence-corrected chi connectivity index (χ3v) is 6.97. The fourth-order valence-electron chi connectivity index (χ4n) is 4.24. The van der Waals surface area contributed by atoms with Crippen LogP contribution in [0.15, 0.2) is 29.6 Å². The van der Waals surface area contributed by atoms with Crippen molar-refractivity contribution in [3.8, 4) is 0 Å². The predicted molar refractivity (Wildman–Crippen MR) is 121 cm³/mol. The van der Waals surface area contributed by atoms with E-state index >= 15 is 0 Å². The van der Waals surface area contributed by atoms with Crippen molar-refractivity contribution >= 4 is 33.1 Å². The lowest BCUT2D eigenvalue weighted by molar-refractivity contribution is -0.136. The Kier molecular flexibility index (Phi) is 6.73. The van der Waals surface area contributed by atoms with Crippen LogP contribution < -0.4 is 16.4 Å². The number of rotatable bonds is 5. The molecule has 178 valence electrons. The second kappa shape index (κ2) is 9.40. The number of amides is 1. The summed E-state index contributed by atoms with van der Waals surface area (Å²) in [4.78, 5) is 18.9. The highest BCUT2D eigenvalue weighted by Crippen LogP contribution is 2.42. The van der Waals surface area contributed by atoms with Crippen molar-refractivity contribution in [2.24, 2.45) is 0 Å². The molecule has 2 aromatic rings. The molecule has 2 aromatic heterocycles. The number of pyridine rings is 1. The Bertz CT molecular complexity index is 1120. The van der Waals surface area contributed by atoms with Gasteiger partial charge in [-0.1, -0.05) is 6.08 Å². The summed E-state index contributed by atoms with van der Waals surface area (Å²) in [5.74, 6) is -0.753.